The first-order chi connectivity index (χ1) is 9.08. The summed E-state index contributed by atoms with van der Waals surface area (Å²) in [6.07, 6.45) is 0. The van der Waals surface area contributed by atoms with Crippen LogP contribution in [0.3, 0.4) is 0 Å². The Labute approximate surface area is 111 Å². The fourth-order valence-electron chi connectivity index (χ4n) is 1.69. The van der Waals surface area contributed by atoms with Crippen LogP contribution in [0.2, 0.25) is 0 Å². The van der Waals surface area contributed by atoms with Crippen molar-refractivity contribution in [3.63, 3.8) is 0 Å². The molecule has 5 nitrogen and oxygen atoms in total. The summed E-state index contributed by atoms with van der Waals surface area (Å²) in [7, 11) is 1.62. The van der Waals surface area contributed by atoms with E-state index in [1.807, 2.05) is 37.3 Å². The lowest BCUT2D eigenvalue weighted by Gasteiger charge is -2.07. The van der Waals surface area contributed by atoms with Crippen molar-refractivity contribution < 1.29 is 9.53 Å². The molecule has 1 N–H and O–H groups in total. The molecule has 0 fully saturated rings. The van der Waals surface area contributed by atoms with Crippen LogP contribution in [-0.2, 0) is 4.79 Å². The van der Waals surface area contributed by atoms with E-state index in [-0.39, 0.29) is 5.91 Å². The van der Waals surface area contributed by atoms with Gasteiger partial charge in [-0.15, -0.1) is 0 Å². The van der Waals surface area contributed by atoms with Crippen molar-refractivity contribution in [3.05, 3.63) is 36.0 Å². The van der Waals surface area contributed by atoms with E-state index >= 15 is 0 Å². The second-order valence-electron chi connectivity index (χ2n) is 4.13. The molecule has 1 aromatic carbocycles. The fourth-order valence-corrected chi connectivity index (χ4v) is 1.69. The number of methoxy groups -OCH3 is 1. The average Bonchev–Trinajstić information content (AvgIpc) is 2.37. The summed E-state index contributed by atoms with van der Waals surface area (Å²) >= 11 is 0. The molecule has 0 bridgehead atoms. The summed E-state index contributed by atoms with van der Waals surface area (Å²) < 4.78 is 5.12. The third-order valence-corrected chi connectivity index (χ3v) is 2.53. The highest BCUT2D eigenvalue weighted by molar-refractivity contribution is 5.86. The normalized spacial score (nSPS) is 10.1. The average molecular weight is 257 g/mol. The Morgan fingerprint density at radius 2 is 1.89 bits per heavy atom. The Bertz CT molecular complexity index is 594. The third kappa shape index (κ3) is 3.28. The van der Waals surface area contributed by atoms with Gasteiger partial charge in [0.15, 0.2) is 0 Å². The van der Waals surface area contributed by atoms with E-state index in [0.717, 1.165) is 22.7 Å². The number of rotatable bonds is 3. The second-order valence-corrected chi connectivity index (χ2v) is 4.13. The molecule has 0 aliphatic rings. The van der Waals surface area contributed by atoms with Crippen molar-refractivity contribution in [2.24, 2.45) is 0 Å². The van der Waals surface area contributed by atoms with Crippen LogP contribution in [0.1, 0.15) is 12.6 Å². The molecule has 1 heterocycles. The first-order valence-corrected chi connectivity index (χ1v) is 5.86. The Hall–Kier alpha value is -2.43. The molecule has 19 heavy (non-hydrogen) atoms. The summed E-state index contributed by atoms with van der Waals surface area (Å²) in [6.45, 7) is 3.29. The Kier molecular flexibility index (Phi) is 3.75. The van der Waals surface area contributed by atoms with Gasteiger partial charge in [-0.2, -0.15) is 0 Å². The predicted octanol–water partition coefficient (Wildman–Crippen LogP) is 2.42. The zero-order valence-corrected chi connectivity index (χ0v) is 11.1. The molecular weight excluding hydrogens is 242 g/mol. The van der Waals surface area contributed by atoms with Crippen LogP contribution in [0, 0.1) is 6.92 Å². The van der Waals surface area contributed by atoms with Gasteiger partial charge in [-0.1, -0.05) is 0 Å². The minimum absolute atomic E-state index is 0.189. The monoisotopic (exact) mass is 257 g/mol. The second kappa shape index (κ2) is 5.48. The van der Waals surface area contributed by atoms with Crippen LogP contribution in [-0.4, -0.2) is 23.0 Å². The molecule has 1 aromatic heterocycles. The van der Waals surface area contributed by atoms with E-state index in [1.165, 1.54) is 6.92 Å². The van der Waals surface area contributed by atoms with Crippen molar-refractivity contribution in [1.82, 2.24) is 9.97 Å². The largest absolute Gasteiger partial charge is 0.497 e. The van der Waals surface area contributed by atoms with Gasteiger partial charge in [0.25, 0.3) is 0 Å². The number of ether oxygens (including phenoxy) is 1. The summed E-state index contributed by atoms with van der Waals surface area (Å²) in [4.78, 5) is 19.5. The molecule has 0 unspecified atom stereocenters. The number of anilines is 1. The van der Waals surface area contributed by atoms with E-state index in [4.69, 9.17) is 4.74 Å². The van der Waals surface area contributed by atoms with E-state index in [1.54, 1.807) is 7.11 Å². The van der Waals surface area contributed by atoms with E-state index in [9.17, 15) is 4.79 Å². The van der Waals surface area contributed by atoms with Gasteiger partial charge in [-0.05, 0) is 37.3 Å². The van der Waals surface area contributed by atoms with Gasteiger partial charge in [0.2, 0.25) is 11.9 Å². The van der Waals surface area contributed by atoms with E-state index in [0.29, 0.717) is 5.95 Å². The van der Waals surface area contributed by atoms with E-state index in [2.05, 4.69) is 15.3 Å². The molecule has 2 rings (SSSR count). The lowest BCUT2D eigenvalue weighted by atomic mass is 10.1. The van der Waals surface area contributed by atoms with Gasteiger partial charge < -0.3 is 4.74 Å². The molecule has 0 aliphatic heterocycles. The number of aryl methyl sites for hydroxylation is 1. The van der Waals surface area contributed by atoms with Gasteiger partial charge in [-0.3, -0.25) is 10.1 Å². The zero-order valence-electron chi connectivity index (χ0n) is 11.1. The topological polar surface area (TPSA) is 64.1 Å². The number of carbonyl (C=O) groups is 1. The highest BCUT2D eigenvalue weighted by Crippen LogP contribution is 2.22. The molecule has 5 heteroatoms. The summed E-state index contributed by atoms with van der Waals surface area (Å²) in [5.74, 6) is 0.918. The number of hydrogen-bond donors (Lipinski definition) is 1. The van der Waals surface area contributed by atoms with Gasteiger partial charge in [0.05, 0.1) is 12.8 Å². The minimum atomic E-state index is -0.189. The molecule has 0 saturated carbocycles. The van der Waals surface area contributed by atoms with Gasteiger partial charge in [0.1, 0.15) is 5.75 Å². The molecule has 0 atom stereocenters. The maximum Gasteiger partial charge on any atom is 0.230 e. The SMILES string of the molecule is COc1ccc(-c2cc(C)nc(NC(C)=O)n2)cc1. The van der Waals surface area contributed by atoms with Crippen molar-refractivity contribution in [2.75, 3.05) is 12.4 Å². The first-order valence-electron chi connectivity index (χ1n) is 5.86. The highest BCUT2D eigenvalue weighted by atomic mass is 16.5. The number of nitrogens with zero attached hydrogens (tertiary/aromatic N) is 2. The van der Waals surface area contributed by atoms with Crippen molar-refractivity contribution in [2.45, 2.75) is 13.8 Å². The van der Waals surface area contributed by atoms with Crippen LogP contribution in [0.5, 0.6) is 5.75 Å². The maximum absolute atomic E-state index is 11.0. The molecular formula is C14H15N3O2. The van der Waals surface area contributed by atoms with Crippen molar-refractivity contribution >= 4 is 11.9 Å². The zero-order chi connectivity index (χ0) is 13.8. The van der Waals surface area contributed by atoms with Crippen LogP contribution in [0.25, 0.3) is 11.3 Å². The Morgan fingerprint density at radius 3 is 2.47 bits per heavy atom. The number of nitrogens with one attached hydrogen (secondary N) is 1. The summed E-state index contributed by atoms with van der Waals surface area (Å²) in [5.41, 5.74) is 2.50. The Balaban J connectivity index is 2.37. The van der Waals surface area contributed by atoms with Crippen LogP contribution in [0.4, 0.5) is 5.95 Å². The molecule has 0 radical (unpaired) electrons. The number of benzene rings is 1. The van der Waals surface area contributed by atoms with Crippen molar-refractivity contribution in [3.8, 4) is 17.0 Å². The van der Waals surface area contributed by atoms with Gasteiger partial charge in [0, 0.05) is 18.2 Å². The lowest BCUT2D eigenvalue weighted by Crippen LogP contribution is -2.10. The highest BCUT2D eigenvalue weighted by Gasteiger charge is 2.06. The van der Waals surface area contributed by atoms with Gasteiger partial charge in [-0.25, -0.2) is 9.97 Å². The molecule has 0 aliphatic carbocycles. The molecule has 0 spiro atoms. The lowest BCUT2D eigenvalue weighted by molar-refractivity contribution is -0.114. The molecule has 98 valence electrons. The number of amides is 1. The maximum atomic E-state index is 11.0. The molecule has 0 saturated heterocycles. The molecule has 1 amide bonds. The van der Waals surface area contributed by atoms with E-state index < -0.39 is 0 Å². The fraction of sp³-hybridized carbons (Fsp3) is 0.214. The van der Waals surface area contributed by atoms with Crippen LogP contribution in [0.15, 0.2) is 30.3 Å². The van der Waals surface area contributed by atoms with Crippen molar-refractivity contribution in [1.29, 1.82) is 0 Å². The number of hydrogen-bond acceptors (Lipinski definition) is 4. The summed E-state index contributed by atoms with van der Waals surface area (Å²) in [5, 5.41) is 2.59. The Morgan fingerprint density at radius 1 is 1.21 bits per heavy atom. The first kappa shape index (κ1) is 13.0. The van der Waals surface area contributed by atoms with Crippen LogP contribution < -0.4 is 10.1 Å². The number of aromatic nitrogens is 2. The standard InChI is InChI=1S/C14H15N3O2/c1-9-8-13(17-14(15-9)16-10(2)18)11-4-6-12(19-3)7-5-11/h4-8H,1-3H3,(H,15,16,17,18). The minimum Gasteiger partial charge on any atom is -0.497 e. The summed E-state index contributed by atoms with van der Waals surface area (Å²) in [6, 6.07) is 9.43. The third-order valence-electron chi connectivity index (χ3n) is 2.53. The predicted molar refractivity (Wildman–Crippen MR) is 73.1 cm³/mol. The number of carbonyl (C=O) groups excluding carboxylic acids is 1. The molecule has 2 aromatic rings. The smallest absolute Gasteiger partial charge is 0.230 e. The quantitative estimate of drug-likeness (QED) is 0.917. The van der Waals surface area contributed by atoms with Gasteiger partial charge >= 0.3 is 0 Å². The van der Waals surface area contributed by atoms with Crippen LogP contribution >= 0.6 is 0 Å².